The normalized spacial score (nSPS) is 12.2. The fraction of sp³-hybridized carbons (Fsp3) is 0. The first-order valence-corrected chi connectivity index (χ1v) is 16.9. The van der Waals surface area contributed by atoms with Crippen molar-refractivity contribution in [1.82, 2.24) is 0 Å². The van der Waals surface area contributed by atoms with Gasteiger partial charge in [-0.15, -0.1) is 0 Å². The van der Waals surface area contributed by atoms with Gasteiger partial charge in [-0.2, -0.15) is 0 Å². The molecule has 9 aromatic carbocycles. The third-order valence-electron chi connectivity index (χ3n) is 10.6. The lowest BCUT2D eigenvalue weighted by atomic mass is 9.82. The Kier molecular flexibility index (Phi) is 5.45. The summed E-state index contributed by atoms with van der Waals surface area (Å²) in [6.07, 6.45) is 0. The molecule has 1 aliphatic heterocycles. The molecule has 49 heavy (non-hydrogen) atoms. The van der Waals surface area contributed by atoms with Gasteiger partial charge in [0.2, 0.25) is 0 Å². The van der Waals surface area contributed by atoms with Gasteiger partial charge in [0.1, 0.15) is 11.5 Å². The van der Waals surface area contributed by atoms with Gasteiger partial charge in [0.25, 0.3) is 0 Å². The molecule has 226 valence electrons. The van der Waals surface area contributed by atoms with Gasteiger partial charge >= 0.3 is 0 Å². The highest BCUT2D eigenvalue weighted by molar-refractivity contribution is 6.27. The summed E-state index contributed by atoms with van der Waals surface area (Å²) in [7, 11) is 0. The molecule has 0 atom stereocenters. The minimum absolute atomic E-state index is 0.910. The van der Waals surface area contributed by atoms with Crippen molar-refractivity contribution in [3.8, 4) is 78.3 Å². The van der Waals surface area contributed by atoms with E-state index in [-0.39, 0.29) is 0 Å². The molecule has 9 aromatic rings. The van der Waals surface area contributed by atoms with Gasteiger partial charge in [-0.1, -0.05) is 152 Å². The summed E-state index contributed by atoms with van der Waals surface area (Å²) < 4.78 is 6.44. The number of hydrogen-bond acceptors (Lipinski definition) is 1. The molecule has 11 rings (SSSR count). The van der Waals surface area contributed by atoms with Gasteiger partial charge in [-0.3, -0.25) is 0 Å². The quantitative estimate of drug-likeness (QED) is 0.191. The van der Waals surface area contributed by atoms with Crippen LogP contribution in [0.3, 0.4) is 0 Å². The maximum Gasteiger partial charge on any atom is 0.135 e. The van der Waals surface area contributed by atoms with Crippen LogP contribution in [0.1, 0.15) is 0 Å². The molecule has 0 aromatic heterocycles. The minimum Gasteiger partial charge on any atom is -0.456 e. The van der Waals surface area contributed by atoms with Crippen LogP contribution in [0.2, 0.25) is 0 Å². The first-order chi connectivity index (χ1) is 24.3. The maximum absolute atomic E-state index is 6.44. The van der Waals surface area contributed by atoms with E-state index >= 15 is 0 Å². The van der Waals surface area contributed by atoms with Crippen LogP contribution in [0.15, 0.2) is 170 Å². The number of rotatable bonds is 3. The van der Waals surface area contributed by atoms with E-state index in [1.54, 1.807) is 0 Å². The molecular weight excluding hydrogens is 593 g/mol. The fourth-order valence-electron chi connectivity index (χ4n) is 8.61. The van der Waals surface area contributed by atoms with Crippen LogP contribution in [-0.2, 0) is 0 Å². The van der Waals surface area contributed by atoms with Crippen LogP contribution < -0.4 is 4.74 Å². The lowest BCUT2D eigenvalue weighted by Gasteiger charge is -2.23. The lowest BCUT2D eigenvalue weighted by molar-refractivity contribution is 0.487. The highest BCUT2D eigenvalue weighted by Crippen LogP contribution is 2.58. The summed E-state index contributed by atoms with van der Waals surface area (Å²) in [5.74, 6) is 1.82. The molecule has 1 heteroatoms. The number of hydrogen-bond donors (Lipinski definition) is 0. The number of benzene rings is 9. The third kappa shape index (κ3) is 3.70. The van der Waals surface area contributed by atoms with Crippen LogP contribution in [0.4, 0.5) is 0 Å². The van der Waals surface area contributed by atoms with Crippen LogP contribution in [0, 0.1) is 0 Å². The van der Waals surface area contributed by atoms with E-state index < -0.39 is 0 Å². The highest BCUT2D eigenvalue weighted by atomic mass is 16.5. The van der Waals surface area contributed by atoms with E-state index in [9.17, 15) is 0 Å². The van der Waals surface area contributed by atoms with Crippen molar-refractivity contribution < 1.29 is 4.74 Å². The second kappa shape index (κ2) is 10.0. The van der Waals surface area contributed by atoms with Crippen molar-refractivity contribution in [2.24, 2.45) is 0 Å². The Morgan fingerprint density at radius 2 is 0.857 bits per heavy atom. The molecule has 1 aliphatic carbocycles. The summed E-state index contributed by atoms with van der Waals surface area (Å²) in [5.41, 5.74) is 15.1. The zero-order valence-corrected chi connectivity index (χ0v) is 26.6. The predicted octanol–water partition coefficient (Wildman–Crippen LogP) is 13.6. The predicted molar refractivity (Wildman–Crippen MR) is 205 cm³/mol. The van der Waals surface area contributed by atoms with Gasteiger partial charge in [0, 0.05) is 10.9 Å². The smallest absolute Gasteiger partial charge is 0.135 e. The average Bonchev–Trinajstić information content (AvgIpc) is 3.49. The number of ether oxygens (including phenoxy) is 1. The molecular formula is C48H28O. The minimum atomic E-state index is 0.910. The second-order valence-corrected chi connectivity index (χ2v) is 13.1. The Morgan fingerprint density at radius 1 is 0.286 bits per heavy atom. The molecule has 0 bridgehead atoms. The second-order valence-electron chi connectivity index (χ2n) is 13.1. The molecule has 0 amide bonds. The Morgan fingerprint density at radius 3 is 1.65 bits per heavy atom. The summed E-state index contributed by atoms with van der Waals surface area (Å²) in [6, 6.07) is 62.0. The third-order valence-corrected chi connectivity index (χ3v) is 10.6. The van der Waals surface area contributed by atoms with Gasteiger partial charge in [-0.05, 0) is 106 Å². The van der Waals surface area contributed by atoms with E-state index in [0.29, 0.717) is 0 Å². The van der Waals surface area contributed by atoms with Crippen LogP contribution >= 0.6 is 0 Å². The zero-order valence-electron chi connectivity index (χ0n) is 26.6. The summed E-state index contributed by atoms with van der Waals surface area (Å²) in [6.45, 7) is 0. The Bertz CT molecular complexity index is 2840. The first kappa shape index (κ1) is 26.6. The molecule has 1 heterocycles. The van der Waals surface area contributed by atoms with Gasteiger partial charge in [0.05, 0.1) is 0 Å². The van der Waals surface area contributed by atoms with Gasteiger partial charge in [-0.25, -0.2) is 0 Å². The lowest BCUT2D eigenvalue weighted by Crippen LogP contribution is -1.97. The Labute approximate surface area is 284 Å². The van der Waals surface area contributed by atoms with E-state index in [1.807, 2.05) is 6.07 Å². The SMILES string of the molecule is c1ccc(-c2c3c(c(-c4cccc(-c5ccc6c7c(cccc57)-c5ccccc5O6)c4)c4ccccc24)-c2cccc4cccc-3c24)cc1. The molecule has 0 unspecified atom stereocenters. The van der Waals surface area contributed by atoms with Crippen LogP contribution in [0.25, 0.3) is 99.1 Å². The van der Waals surface area contributed by atoms with Crippen molar-refractivity contribution in [1.29, 1.82) is 0 Å². The molecule has 0 radical (unpaired) electrons. The molecule has 1 nitrogen and oxygen atoms in total. The van der Waals surface area contributed by atoms with Gasteiger partial charge in [0.15, 0.2) is 0 Å². The van der Waals surface area contributed by atoms with Crippen LogP contribution in [0.5, 0.6) is 11.5 Å². The zero-order chi connectivity index (χ0) is 32.1. The maximum atomic E-state index is 6.44. The standard InChI is InChI=1S/C48H28O/c1-2-12-30(13-3-1)44-37-19-4-5-20-38(37)45(48-40-24-10-15-29-14-9-23-39(43(29)40)47(44)48)32-17-8-16-31(28-32)33-26-27-42-46-35(33)21-11-22-36(46)34-18-6-7-25-41(34)49-42/h1-28H. The largest absolute Gasteiger partial charge is 0.456 e. The molecule has 0 fully saturated rings. The molecule has 0 saturated heterocycles. The molecule has 0 saturated carbocycles. The van der Waals surface area contributed by atoms with E-state index in [1.165, 1.54) is 93.5 Å². The topological polar surface area (TPSA) is 9.23 Å². The fourth-order valence-corrected chi connectivity index (χ4v) is 8.61. The van der Waals surface area contributed by atoms with Crippen molar-refractivity contribution in [2.45, 2.75) is 0 Å². The van der Waals surface area contributed by atoms with Gasteiger partial charge < -0.3 is 4.74 Å². The number of para-hydroxylation sites is 1. The van der Waals surface area contributed by atoms with Crippen molar-refractivity contribution >= 4 is 32.3 Å². The monoisotopic (exact) mass is 620 g/mol. The summed E-state index contributed by atoms with van der Waals surface area (Å²) in [5, 5.41) is 7.53. The van der Waals surface area contributed by atoms with E-state index in [0.717, 1.165) is 17.1 Å². The van der Waals surface area contributed by atoms with Crippen molar-refractivity contribution in [3.63, 3.8) is 0 Å². The summed E-state index contributed by atoms with van der Waals surface area (Å²) >= 11 is 0. The molecule has 2 aliphatic rings. The summed E-state index contributed by atoms with van der Waals surface area (Å²) in [4.78, 5) is 0. The average molecular weight is 621 g/mol. The van der Waals surface area contributed by atoms with Crippen molar-refractivity contribution in [3.05, 3.63) is 170 Å². The highest BCUT2D eigenvalue weighted by Gasteiger charge is 2.30. The Hall–Kier alpha value is -6.44. The van der Waals surface area contributed by atoms with E-state index in [2.05, 4.69) is 164 Å². The molecule has 0 N–H and O–H groups in total. The van der Waals surface area contributed by atoms with Crippen molar-refractivity contribution in [2.75, 3.05) is 0 Å². The number of fused-ring (bicyclic) bond motifs is 6. The first-order valence-electron chi connectivity index (χ1n) is 16.9. The Balaban J connectivity index is 1.21. The van der Waals surface area contributed by atoms with Crippen LogP contribution in [-0.4, -0.2) is 0 Å². The van der Waals surface area contributed by atoms with E-state index in [4.69, 9.17) is 4.74 Å². The molecule has 0 spiro atoms.